The molecule has 2 aromatic carbocycles. The van der Waals surface area contributed by atoms with E-state index in [1.165, 1.54) is 39.0 Å². The molecular formula is C27H30ClF3N4O6S. The number of alkyl halides is 3. The molecule has 0 unspecified atom stereocenters. The van der Waals surface area contributed by atoms with E-state index in [4.69, 9.17) is 11.6 Å². The van der Waals surface area contributed by atoms with E-state index in [-0.39, 0.29) is 61.8 Å². The third kappa shape index (κ3) is 6.81. The van der Waals surface area contributed by atoms with Gasteiger partial charge in [0.05, 0.1) is 28.1 Å². The van der Waals surface area contributed by atoms with Crippen LogP contribution in [0.3, 0.4) is 0 Å². The predicted octanol–water partition coefficient (Wildman–Crippen LogP) is 3.49. The van der Waals surface area contributed by atoms with Gasteiger partial charge in [0.15, 0.2) is 9.84 Å². The molecule has 1 amide bonds. The zero-order valence-electron chi connectivity index (χ0n) is 23.1. The third-order valence-electron chi connectivity index (χ3n) is 7.36. The number of carbonyl (C=O) groups is 1. The van der Waals surface area contributed by atoms with Crippen molar-refractivity contribution in [1.82, 2.24) is 19.8 Å². The number of halogens is 4. The molecule has 10 nitrogen and oxygen atoms in total. The number of nitrogens with zero attached hydrogens (tertiary/aromatic N) is 2. The first-order valence-corrected chi connectivity index (χ1v) is 15.2. The predicted molar refractivity (Wildman–Crippen MR) is 151 cm³/mol. The summed E-state index contributed by atoms with van der Waals surface area (Å²) in [6, 6.07) is 4.79. The molecule has 1 aliphatic heterocycles. The number of carbonyl (C=O) groups excluding carboxylic acids is 1. The molecule has 2 N–H and O–H groups in total. The lowest BCUT2D eigenvalue weighted by Crippen LogP contribution is -2.39. The van der Waals surface area contributed by atoms with Crippen molar-refractivity contribution in [1.29, 1.82) is 0 Å². The van der Waals surface area contributed by atoms with Gasteiger partial charge in [0.1, 0.15) is 5.75 Å². The number of fused-ring (bicyclic) bond motifs is 1. The van der Waals surface area contributed by atoms with Crippen LogP contribution in [0.25, 0.3) is 10.9 Å². The molecule has 228 valence electrons. The summed E-state index contributed by atoms with van der Waals surface area (Å²) in [5.41, 5.74) is -1.34. The Morgan fingerprint density at radius 3 is 2.57 bits per heavy atom. The van der Waals surface area contributed by atoms with Gasteiger partial charge < -0.3 is 15.0 Å². The molecule has 0 bridgehead atoms. The molecule has 0 saturated carbocycles. The summed E-state index contributed by atoms with van der Waals surface area (Å²) in [6.45, 7) is 4.71. The molecular weight excluding hydrogens is 601 g/mol. The Morgan fingerprint density at radius 1 is 1.21 bits per heavy atom. The minimum Gasteiger partial charge on any atom is -0.405 e. The number of sulfone groups is 1. The Bertz CT molecular complexity index is 1750. The maximum absolute atomic E-state index is 13.6. The zero-order chi connectivity index (χ0) is 31.0. The number of amides is 1. The molecule has 15 heteroatoms. The van der Waals surface area contributed by atoms with E-state index in [0.29, 0.717) is 17.7 Å². The van der Waals surface area contributed by atoms with Crippen molar-refractivity contribution in [3.05, 3.63) is 66.8 Å². The molecule has 1 atom stereocenters. The molecule has 0 radical (unpaired) electrons. The number of hydrogen-bond donors (Lipinski definition) is 2. The van der Waals surface area contributed by atoms with E-state index in [2.05, 4.69) is 15.0 Å². The molecule has 42 heavy (non-hydrogen) atoms. The van der Waals surface area contributed by atoms with Crippen molar-refractivity contribution >= 4 is 38.2 Å². The quantitative estimate of drug-likeness (QED) is 0.370. The van der Waals surface area contributed by atoms with Crippen molar-refractivity contribution in [3.63, 3.8) is 0 Å². The van der Waals surface area contributed by atoms with Crippen LogP contribution in [0, 0.1) is 6.92 Å². The van der Waals surface area contributed by atoms with E-state index in [1.807, 2.05) is 4.90 Å². The van der Waals surface area contributed by atoms with E-state index in [1.54, 1.807) is 0 Å². The Labute approximate surface area is 244 Å². The van der Waals surface area contributed by atoms with Gasteiger partial charge in [-0.05, 0) is 61.7 Å². The molecule has 4 rings (SSSR count). The number of likely N-dealkylation sites (tertiary alicyclic amines) is 1. The molecule has 0 aliphatic carbocycles. The number of aromatic amines is 1. The van der Waals surface area contributed by atoms with E-state index in [0.717, 1.165) is 18.9 Å². The summed E-state index contributed by atoms with van der Waals surface area (Å²) in [7, 11) is -3.76. The lowest BCUT2D eigenvalue weighted by molar-refractivity contribution is -0.275. The van der Waals surface area contributed by atoms with E-state index >= 15 is 0 Å². The van der Waals surface area contributed by atoms with E-state index in [9.17, 15) is 36.0 Å². The van der Waals surface area contributed by atoms with Gasteiger partial charge in [0.2, 0.25) is 5.91 Å². The fraction of sp³-hybridized carbons (Fsp3) is 0.444. The number of H-pyrrole nitrogens is 1. The standard InChI is InChI=1S/C27H30ClF3N4O6S/c1-4-42(39,40)23-8-7-18(28)10-17(23)13-35-25(37)20-11-22(41-27(29,30)31)21(15(2)24(20)33-26(35)38)14-34-9-5-6-19(34)12-32-16(3)36/h7-8,10-11,19H,4-6,9,12-14H2,1-3H3,(H,32,36)(H,33,38)/t19-/m0/s1. The highest BCUT2D eigenvalue weighted by Gasteiger charge is 2.34. The van der Waals surface area contributed by atoms with Gasteiger partial charge in [0, 0.05) is 36.6 Å². The van der Waals surface area contributed by atoms with Crippen molar-refractivity contribution in [2.24, 2.45) is 0 Å². The highest BCUT2D eigenvalue weighted by molar-refractivity contribution is 7.91. The summed E-state index contributed by atoms with van der Waals surface area (Å²) in [4.78, 5) is 42.5. The largest absolute Gasteiger partial charge is 0.573 e. The van der Waals surface area contributed by atoms with Crippen molar-refractivity contribution in [3.8, 4) is 5.75 Å². The fourth-order valence-electron chi connectivity index (χ4n) is 5.23. The van der Waals surface area contributed by atoms with Crippen LogP contribution in [0.4, 0.5) is 13.2 Å². The summed E-state index contributed by atoms with van der Waals surface area (Å²) >= 11 is 6.07. The van der Waals surface area contributed by atoms with Gasteiger partial charge in [-0.25, -0.2) is 13.2 Å². The molecule has 2 heterocycles. The van der Waals surface area contributed by atoms with Gasteiger partial charge >= 0.3 is 12.1 Å². The maximum Gasteiger partial charge on any atom is 0.573 e. The Morgan fingerprint density at radius 2 is 1.93 bits per heavy atom. The number of ether oxygens (including phenoxy) is 1. The van der Waals surface area contributed by atoms with Gasteiger partial charge in [-0.3, -0.25) is 19.1 Å². The van der Waals surface area contributed by atoms with Crippen LogP contribution in [0.5, 0.6) is 5.75 Å². The Kier molecular flexibility index (Phi) is 9.09. The van der Waals surface area contributed by atoms with Gasteiger partial charge in [-0.1, -0.05) is 18.5 Å². The number of nitrogens with one attached hydrogen (secondary N) is 2. The SMILES string of the molecule is CCS(=O)(=O)c1ccc(Cl)cc1Cn1c(=O)[nH]c2c(C)c(CN3CCC[C@H]3CNC(C)=O)c(OC(F)(F)F)cc2c1=O. The van der Waals surface area contributed by atoms with Gasteiger partial charge in [-0.2, -0.15) is 0 Å². The summed E-state index contributed by atoms with van der Waals surface area (Å²) in [6.07, 6.45) is -3.57. The van der Waals surface area contributed by atoms with Gasteiger partial charge in [0.25, 0.3) is 5.56 Å². The lowest BCUT2D eigenvalue weighted by Gasteiger charge is -2.27. The van der Waals surface area contributed by atoms with Crippen molar-refractivity contribution in [2.45, 2.75) is 64.0 Å². The summed E-state index contributed by atoms with van der Waals surface area (Å²) < 4.78 is 70.9. The maximum atomic E-state index is 13.6. The zero-order valence-corrected chi connectivity index (χ0v) is 24.7. The topological polar surface area (TPSA) is 131 Å². The Balaban J connectivity index is 1.85. The highest BCUT2D eigenvalue weighted by atomic mass is 35.5. The monoisotopic (exact) mass is 630 g/mol. The first-order chi connectivity index (χ1) is 19.6. The number of rotatable bonds is 9. The highest BCUT2D eigenvalue weighted by Crippen LogP contribution is 2.34. The van der Waals surface area contributed by atoms with E-state index < -0.39 is 39.7 Å². The third-order valence-corrected chi connectivity index (χ3v) is 9.42. The number of benzene rings is 2. The Hall–Kier alpha value is -3.36. The average Bonchev–Trinajstić information content (AvgIpc) is 3.34. The minimum atomic E-state index is -5.07. The van der Waals surface area contributed by atoms with Crippen LogP contribution in [-0.2, 0) is 27.7 Å². The summed E-state index contributed by atoms with van der Waals surface area (Å²) in [5.74, 6) is -1.06. The molecule has 1 saturated heterocycles. The second-order valence-corrected chi connectivity index (χ2v) is 12.8. The van der Waals surface area contributed by atoms with Gasteiger partial charge in [-0.15, -0.1) is 13.2 Å². The normalized spacial score (nSPS) is 16.2. The smallest absolute Gasteiger partial charge is 0.405 e. The first-order valence-electron chi connectivity index (χ1n) is 13.2. The number of aryl methyl sites for hydroxylation is 1. The van der Waals surface area contributed by atoms with Crippen LogP contribution in [-0.4, -0.2) is 60.0 Å². The molecule has 0 spiro atoms. The first kappa shape index (κ1) is 31.6. The van der Waals surface area contributed by atoms with Crippen LogP contribution < -0.4 is 21.3 Å². The molecule has 3 aromatic rings. The second-order valence-electron chi connectivity index (χ2n) is 10.1. The van der Waals surface area contributed by atoms with Crippen LogP contribution in [0.15, 0.2) is 38.8 Å². The van der Waals surface area contributed by atoms with Crippen LogP contribution in [0.1, 0.15) is 43.4 Å². The van der Waals surface area contributed by atoms with Crippen LogP contribution in [0.2, 0.25) is 5.02 Å². The molecule has 1 fully saturated rings. The second kappa shape index (κ2) is 12.1. The molecule has 1 aromatic heterocycles. The number of hydrogen-bond acceptors (Lipinski definition) is 7. The minimum absolute atomic E-state index is 0.0172. The fourth-order valence-corrected chi connectivity index (χ4v) is 6.53. The summed E-state index contributed by atoms with van der Waals surface area (Å²) in [5, 5.41) is 2.66. The van der Waals surface area contributed by atoms with Crippen molar-refractivity contribution in [2.75, 3.05) is 18.8 Å². The van der Waals surface area contributed by atoms with Crippen LogP contribution >= 0.6 is 11.6 Å². The molecule has 1 aliphatic rings. The lowest BCUT2D eigenvalue weighted by atomic mass is 10.0. The number of aromatic nitrogens is 2. The van der Waals surface area contributed by atoms with Crippen molar-refractivity contribution < 1.29 is 31.1 Å². The average molecular weight is 631 g/mol.